The molecule has 4 heteroatoms. The highest BCUT2D eigenvalue weighted by atomic mass is 35.5. The summed E-state index contributed by atoms with van der Waals surface area (Å²) in [6.07, 6.45) is 0. The van der Waals surface area contributed by atoms with Crippen LogP contribution in [0.25, 0.3) is 0 Å². The van der Waals surface area contributed by atoms with Gasteiger partial charge in [0.25, 0.3) is 0 Å². The molecular weight excluding hydrogens is 272 g/mol. The summed E-state index contributed by atoms with van der Waals surface area (Å²) in [5.74, 6) is -0.237. The van der Waals surface area contributed by atoms with E-state index >= 15 is 0 Å². The van der Waals surface area contributed by atoms with Gasteiger partial charge in [-0.05, 0) is 43.2 Å². The van der Waals surface area contributed by atoms with E-state index in [4.69, 9.17) is 17.3 Å². The summed E-state index contributed by atoms with van der Waals surface area (Å²) >= 11 is 5.89. The van der Waals surface area contributed by atoms with E-state index in [0.717, 1.165) is 22.4 Å². The normalized spacial score (nSPS) is 12.0. The highest BCUT2D eigenvalue weighted by Crippen LogP contribution is 2.21. The standard InChI is InChI=1S/C16H17ClN2O/c1-10-3-5-12(6-4-10)15(18)16(20)19-14-8-7-13(17)9-11(14)2/h3-9,15H,18H2,1-2H3,(H,19,20). The number of carbonyl (C=O) groups is 1. The lowest BCUT2D eigenvalue weighted by molar-refractivity contribution is -0.117. The number of nitrogens with two attached hydrogens (primary N) is 1. The third kappa shape index (κ3) is 3.38. The van der Waals surface area contributed by atoms with Crippen molar-refractivity contribution < 1.29 is 4.79 Å². The maximum atomic E-state index is 12.2. The molecule has 0 spiro atoms. The third-order valence-electron chi connectivity index (χ3n) is 3.17. The summed E-state index contributed by atoms with van der Waals surface area (Å²) in [5, 5.41) is 3.47. The number of benzene rings is 2. The van der Waals surface area contributed by atoms with Gasteiger partial charge in [0.1, 0.15) is 6.04 Å². The van der Waals surface area contributed by atoms with Gasteiger partial charge < -0.3 is 11.1 Å². The van der Waals surface area contributed by atoms with Gasteiger partial charge in [0.15, 0.2) is 0 Å². The summed E-state index contributed by atoms with van der Waals surface area (Å²) in [6.45, 7) is 3.88. The Balaban J connectivity index is 2.13. The molecule has 1 unspecified atom stereocenters. The number of aryl methyl sites for hydroxylation is 2. The number of halogens is 1. The molecule has 2 rings (SSSR count). The Labute approximate surface area is 123 Å². The van der Waals surface area contributed by atoms with Crippen LogP contribution in [0.5, 0.6) is 0 Å². The summed E-state index contributed by atoms with van der Waals surface area (Å²) in [6, 6.07) is 12.2. The second-order valence-electron chi connectivity index (χ2n) is 4.84. The molecule has 1 atom stereocenters. The summed E-state index contributed by atoms with van der Waals surface area (Å²) < 4.78 is 0. The van der Waals surface area contributed by atoms with E-state index in [1.165, 1.54) is 0 Å². The Kier molecular flexibility index (Phi) is 4.42. The summed E-state index contributed by atoms with van der Waals surface area (Å²) in [7, 11) is 0. The summed E-state index contributed by atoms with van der Waals surface area (Å²) in [5.41, 5.74) is 9.53. The first-order valence-electron chi connectivity index (χ1n) is 6.36. The zero-order chi connectivity index (χ0) is 14.7. The zero-order valence-electron chi connectivity index (χ0n) is 11.5. The number of anilines is 1. The highest BCUT2D eigenvalue weighted by Gasteiger charge is 2.16. The Bertz CT molecular complexity index is 623. The third-order valence-corrected chi connectivity index (χ3v) is 3.40. The van der Waals surface area contributed by atoms with Crippen LogP contribution in [-0.2, 0) is 4.79 Å². The van der Waals surface area contributed by atoms with E-state index in [1.54, 1.807) is 18.2 Å². The molecule has 20 heavy (non-hydrogen) atoms. The van der Waals surface area contributed by atoms with Gasteiger partial charge in [-0.15, -0.1) is 0 Å². The van der Waals surface area contributed by atoms with Gasteiger partial charge >= 0.3 is 0 Å². The maximum Gasteiger partial charge on any atom is 0.245 e. The first kappa shape index (κ1) is 14.6. The SMILES string of the molecule is Cc1ccc(C(N)C(=O)Nc2ccc(Cl)cc2C)cc1. The van der Waals surface area contributed by atoms with Crippen LogP contribution in [0.3, 0.4) is 0 Å². The Hall–Kier alpha value is -1.84. The van der Waals surface area contributed by atoms with Crippen molar-refractivity contribution in [1.82, 2.24) is 0 Å². The van der Waals surface area contributed by atoms with Crippen LogP contribution < -0.4 is 11.1 Å². The van der Waals surface area contributed by atoms with E-state index in [1.807, 2.05) is 38.1 Å². The molecule has 0 saturated carbocycles. The second kappa shape index (κ2) is 6.07. The molecule has 0 aliphatic carbocycles. The van der Waals surface area contributed by atoms with Crippen molar-refractivity contribution in [2.75, 3.05) is 5.32 Å². The Morgan fingerprint density at radius 2 is 1.80 bits per heavy atom. The average Bonchev–Trinajstić information content (AvgIpc) is 2.42. The maximum absolute atomic E-state index is 12.2. The number of hydrogen-bond donors (Lipinski definition) is 2. The number of amides is 1. The molecule has 0 heterocycles. The molecule has 2 aromatic rings. The van der Waals surface area contributed by atoms with E-state index < -0.39 is 6.04 Å². The largest absolute Gasteiger partial charge is 0.324 e. The van der Waals surface area contributed by atoms with Crippen molar-refractivity contribution in [2.45, 2.75) is 19.9 Å². The minimum Gasteiger partial charge on any atom is -0.324 e. The van der Waals surface area contributed by atoms with Crippen molar-refractivity contribution in [3.63, 3.8) is 0 Å². The van der Waals surface area contributed by atoms with Gasteiger partial charge in [0.05, 0.1) is 0 Å². The van der Waals surface area contributed by atoms with Crippen LogP contribution in [0.1, 0.15) is 22.7 Å². The van der Waals surface area contributed by atoms with E-state index in [0.29, 0.717) is 5.02 Å². The van der Waals surface area contributed by atoms with E-state index in [-0.39, 0.29) is 5.91 Å². The predicted molar refractivity (Wildman–Crippen MR) is 82.9 cm³/mol. The van der Waals surface area contributed by atoms with Gasteiger partial charge in [-0.1, -0.05) is 41.4 Å². The average molecular weight is 289 g/mol. The zero-order valence-corrected chi connectivity index (χ0v) is 12.2. The van der Waals surface area contributed by atoms with Crippen molar-refractivity contribution in [3.05, 3.63) is 64.2 Å². The van der Waals surface area contributed by atoms with Crippen LogP contribution in [0.15, 0.2) is 42.5 Å². The molecule has 0 aliphatic heterocycles. The molecular formula is C16H17ClN2O. The van der Waals surface area contributed by atoms with Crippen LogP contribution in [-0.4, -0.2) is 5.91 Å². The van der Waals surface area contributed by atoms with Gasteiger partial charge in [-0.2, -0.15) is 0 Å². The van der Waals surface area contributed by atoms with E-state index in [2.05, 4.69) is 5.32 Å². The molecule has 0 bridgehead atoms. The molecule has 1 amide bonds. The molecule has 104 valence electrons. The smallest absolute Gasteiger partial charge is 0.245 e. The van der Waals surface area contributed by atoms with Crippen molar-refractivity contribution in [1.29, 1.82) is 0 Å². The lowest BCUT2D eigenvalue weighted by atomic mass is 10.0. The van der Waals surface area contributed by atoms with Crippen molar-refractivity contribution in [3.8, 4) is 0 Å². The lowest BCUT2D eigenvalue weighted by Crippen LogP contribution is -2.28. The first-order valence-corrected chi connectivity index (χ1v) is 6.74. The second-order valence-corrected chi connectivity index (χ2v) is 5.27. The fourth-order valence-corrected chi connectivity index (χ4v) is 2.13. The monoisotopic (exact) mass is 288 g/mol. The Morgan fingerprint density at radius 1 is 1.15 bits per heavy atom. The van der Waals surface area contributed by atoms with Gasteiger partial charge in [0, 0.05) is 10.7 Å². The molecule has 0 radical (unpaired) electrons. The number of rotatable bonds is 3. The number of hydrogen-bond acceptors (Lipinski definition) is 2. The molecule has 2 aromatic carbocycles. The fourth-order valence-electron chi connectivity index (χ4n) is 1.90. The molecule has 0 fully saturated rings. The highest BCUT2D eigenvalue weighted by molar-refractivity contribution is 6.30. The van der Waals surface area contributed by atoms with Crippen LogP contribution in [0, 0.1) is 13.8 Å². The van der Waals surface area contributed by atoms with Crippen LogP contribution in [0.2, 0.25) is 5.02 Å². The van der Waals surface area contributed by atoms with Gasteiger partial charge in [-0.25, -0.2) is 0 Å². The fraction of sp³-hybridized carbons (Fsp3) is 0.188. The molecule has 3 N–H and O–H groups in total. The number of carbonyl (C=O) groups excluding carboxylic acids is 1. The minimum atomic E-state index is -0.689. The first-order chi connectivity index (χ1) is 9.47. The summed E-state index contributed by atoms with van der Waals surface area (Å²) in [4.78, 5) is 12.2. The molecule has 0 saturated heterocycles. The Morgan fingerprint density at radius 3 is 2.40 bits per heavy atom. The quantitative estimate of drug-likeness (QED) is 0.907. The van der Waals surface area contributed by atoms with E-state index in [9.17, 15) is 4.79 Å². The minimum absolute atomic E-state index is 0.237. The number of nitrogens with one attached hydrogen (secondary N) is 1. The van der Waals surface area contributed by atoms with Gasteiger partial charge in [0.2, 0.25) is 5.91 Å². The van der Waals surface area contributed by atoms with Crippen LogP contribution >= 0.6 is 11.6 Å². The molecule has 0 aliphatic rings. The van der Waals surface area contributed by atoms with Crippen molar-refractivity contribution >= 4 is 23.2 Å². The van der Waals surface area contributed by atoms with Gasteiger partial charge in [-0.3, -0.25) is 4.79 Å². The lowest BCUT2D eigenvalue weighted by Gasteiger charge is -2.14. The topological polar surface area (TPSA) is 55.1 Å². The predicted octanol–water partition coefficient (Wildman–Crippen LogP) is 3.60. The van der Waals surface area contributed by atoms with Crippen molar-refractivity contribution in [2.24, 2.45) is 5.73 Å². The van der Waals surface area contributed by atoms with Crippen LogP contribution in [0.4, 0.5) is 5.69 Å². The molecule has 3 nitrogen and oxygen atoms in total. The molecule has 0 aromatic heterocycles.